The number of rotatable bonds is 1. The maximum atomic E-state index is 10.9. The van der Waals surface area contributed by atoms with Crippen LogP contribution in [0.4, 0.5) is 0 Å². The van der Waals surface area contributed by atoms with E-state index in [1.165, 1.54) is 0 Å². The predicted octanol–water partition coefficient (Wildman–Crippen LogP) is 2.07. The van der Waals surface area contributed by atoms with Gasteiger partial charge in [-0.3, -0.25) is 19.7 Å². The number of carbonyl (C=O) groups is 3. The molecule has 0 radical (unpaired) electrons. The molecule has 2 amide bonds. The van der Waals surface area contributed by atoms with Crippen LogP contribution in [0.5, 0.6) is 0 Å². The Hall–Kier alpha value is -2.75. The SMILES string of the molecule is O=C1NC(=O)c2ccccc21.O=Cc1ccccc1. The highest BCUT2D eigenvalue weighted by Gasteiger charge is 2.25. The molecule has 1 aliphatic rings. The van der Waals surface area contributed by atoms with Crippen LogP contribution >= 0.6 is 0 Å². The summed E-state index contributed by atoms with van der Waals surface area (Å²) in [5.41, 5.74) is 1.67. The first-order valence-electron chi connectivity index (χ1n) is 5.67. The van der Waals surface area contributed by atoms with E-state index in [0.717, 1.165) is 11.8 Å². The lowest BCUT2D eigenvalue weighted by Gasteiger charge is -1.88. The number of amides is 2. The number of benzene rings is 2. The zero-order valence-electron chi connectivity index (χ0n) is 10.00. The molecule has 4 heteroatoms. The fourth-order valence-electron chi connectivity index (χ4n) is 1.65. The van der Waals surface area contributed by atoms with E-state index in [1.54, 1.807) is 36.4 Å². The summed E-state index contributed by atoms with van der Waals surface area (Å²) in [6.07, 6.45) is 0.833. The molecule has 0 spiro atoms. The number of hydrogen-bond acceptors (Lipinski definition) is 3. The van der Waals surface area contributed by atoms with Crippen molar-refractivity contribution in [1.82, 2.24) is 5.32 Å². The molecular formula is C15H11NO3. The zero-order valence-corrected chi connectivity index (χ0v) is 10.00. The average Bonchev–Trinajstić information content (AvgIpc) is 2.76. The molecule has 0 fully saturated rings. The Morgan fingerprint density at radius 1 is 0.737 bits per heavy atom. The molecule has 0 saturated carbocycles. The number of carbonyl (C=O) groups excluding carboxylic acids is 3. The van der Waals surface area contributed by atoms with Crippen molar-refractivity contribution in [3.63, 3.8) is 0 Å². The average molecular weight is 253 g/mol. The van der Waals surface area contributed by atoms with Crippen LogP contribution in [0.2, 0.25) is 0 Å². The minimum absolute atomic E-state index is 0.300. The van der Waals surface area contributed by atoms with Crippen LogP contribution in [0.3, 0.4) is 0 Å². The van der Waals surface area contributed by atoms with E-state index < -0.39 is 0 Å². The van der Waals surface area contributed by atoms with E-state index in [0.29, 0.717) is 11.1 Å². The van der Waals surface area contributed by atoms with Gasteiger partial charge in [0.1, 0.15) is 6.29 Å². The Kier molecular flexibility index (Phi) is 3.83. The largest absolute Gasteiger partial charge is 0.298 e. The van der Waals surface area contributed by atoms with Gasteiger partial charge in [0.05, 0.1) is 11.1 Å². The van der Waals surface area contributed by atoms with Gasteiger partial charge in [-0.2, -0.15) is 0 Å². The highest BCUT2D eigenvalue weighted by atomic mass is 16.2. The third kappa shape index (κ3) is 2.93. The summed E-state index contributed by atoms with van der Waals surface area (Å²) in [5.74, 6) is -0.601. The number of aldehydes is 1. The van der Waals surface area contributed by atoms with Crippen molar-refractivity contribution < 1.29 is 14.4 Å². The first kappa shape index (κ1) is 12.7. The van der Waals surface area contributed by atoms with Gasteiger partial charge in [0.15, 0.2) is 0 Å². The maximum absolute atomic E-state index is 10.9. The van der Waals surface area contributed by atoms with Gasteiger partial charge >= 0.3 is 0 Å². The van der Waals surface area contributed by atoms with Gasteiger partial charge < -0.3 is 0 Å². The first-order chi connectivity index (χ1) is 9.22. The van der Waals surface area contributed by atoms with Gasteiger partial charge in [-0.1, -0.05) is 42.5 Å². The van der Waals surface area contributed by atoms with Crippen molar-refractivity contribution in [3.8, 4) is 0 Å². The number of hydrogen-bond donors (Lipinski definition) is 1. The van der Waals surface area contributed by atoms with Crippen LogP contribution in [0.1, 0.15) is 31.1 Å². The normalized spacial score (nSPS) is 12.0. The third-order valence-electron chi connectivity index (χ3n) is 2.58. The van der Waals surface area contributed by atoms with Gasteiger partial charge in [-0.15, -0.1) is 0 Å². The van der Waals surface area contributed by atoms with E-state index >= 15 is 0 Å². The predicted molar refractivity (Wildman–Crippen MR) is 70.1 cm³/mol. The molecule has 0 bridgehead atoms. The van der Waals surface area contributed by atoms with E-state index in [2.05, 4.69) is 5.32 Å². The summed E-state index contributed by atoms with van der Waals surface area (Å²) >= 11 is 0. The summed E-state index contributed by atoms with van der Waals surface area (Å²) in [5, 5.41) is 2.20. The minimum atomic E-state index is -0.300. The molecule has 0 atom stereocenters. The van der Waals surface area contributed by atoms with Crippen LogP contribution < -0.4 is 5.32 Å². The molecule has 4 nitrogen and oxygen atoms in total. The van der Waals surface area contributed by atoms with Crippen LogP contribution in [-0.4, -0.2) is 18.1 Å². The Labute approximate surface area is 110 Å². The maximum Gasteiger partial charge on any atom is 0.258 e. The smallest absolute Gasteiger partial charge is 0.258 e. The lowest BCUT2D eigenvalue weighted by atomic mass is 10.1. The van der Waals surface area contributed by atoms with E-state index in [-0.39, 0.29) is 11.8 Å². The molecule has 0 aromatic heterocycles. The monoisotopic (exact) mass is 253 g/mol. The number of imide groups is 1. The highest BCUT2D eigenvalue weighted by Crippen LogP contribution is 2.13. The summed E-state index contributed by atoms with van der Waals surface area (Å²) in [7, 11) is 0. The van der Waals surface area contributed by atoms with Gasteiger partial charge in [-0.05, 0) is 12.1 Å². The van der Waals surface area contributed by atoms with Crippen molar-refractivity contribution in [3.05, 3.63) is 71.3 Å². The lowest BCUT2D eigenvalue weighted by molar-refractivity contribution is 0.0879. The van der Waals surface area contributed by atoms with Gasteiger partial charge in [-0.25, -0.2) is 0 Å². The molecule has 0 saturated heterocycles. The quantitative estimate of drug-likeness (QED) is 0.625. The number of nitrogens with one attached hydrogen (secondary N) is 1. The Bertz CT molecular complexity index is 587. The molecule has 1 aliphatic heterocycles. The van der Waals surface area contributed by atoms with Gasteiger partial charge in [0.2, 0.25) is 0 Å². The standard InChI is InChI=1S/C8H5NO2.C7H6O/c10-7-5-3-1-2-4-6(5)8(11)9-7;8-6-7-4-2-1-3-5-7/h1-4H,(H,9,10,11);1-6H. The van der Waals surface area contributed by atoms with Crippen LogP contribution in [0.25, 0.3) is 0 Å². The molecule has 3 rings (SSSR count). The van der Waals surface area contributed by atoms with Crippen molar-refractivity contribution >= 4 is 18.1 Å². The Balaban J connectivity index is 0.000000148. The van der Waals surface area contributed by atoms with Crippen LogP contribution in [0, 0.1) is 0 Å². The van der Waals surface area contributed by atoms with Crippen molar-refractivity contribution in [2.75, 3.05) is 0 Å². The molecule has 2 aromatic carbocycles. The zero-order chi connectivity index (χ0) is 13.7. The fourth-order valence-corrected chi connectivity index (χ4v) is 1.65. The van der Waals surface area contributed by atoms with Crippen molar-refractivity contribution in [2.45, 2.75) is 0 Å². The van der Waals surface area contributed by atoms with E-state index in [4.69, 9.17) is 0 Å². The Morgan fingerprint density at radius 3 is 1.63 bits per heavy atom. The van der Waals surface area contributed by atoms with E-state index in [9.17, 15) is 14.4 Å². The molecule has 1 N–H and O–H groups in total. The highest BCUT2D eigenvalue weighted by molar-refractivity contribution is 6.21. The topological polar surface area (TPSA) is 63.2 Å². The molecule has 2 aromatic rings. The summed E-state index contributed by atoms with van der Waals surface area (Å²) in [6, 6.07) is 15.8. The van der Waals surface area contributed by atoms with Crippen molar-refractivity contribution in [1.29, 1.82) is 0 Å². The third-order valence-corrected chi connectivity index (χ3v) is 2.58. The van der Waals surface area contributed by atoms with Crippen LogP contribution in [0.15, 0.2) is 54.6 Å². The molecule has 1 heterocycles. The van der Waals surface area contributed by atoms with Gasteiger partial charge in [0.25, 0.3) is 11.8 Å². The van der Waals surface area contributed by atoms with Crippen molar-refractivity contribution in [2.24, 2.45) is 0 Å². The van der Waals surface area contributed by atoms with E-state index in [1.807, 2.05) is 18.2 Å². The Morgan fingerprint density at radius 2 is 1.21 bits per heavy atom. The molecule has 0 aliphatic carbocycles. The number of fused-ring (bicyclic) bond motifs is 1. The molecular weight excluding hydrogens is 242 g/mol. The minimum Gasteiger partial charge on any atom is -0.298 e. The second-order valence-electron chi connectivity index (χ2n) is 3.86. The molecule has 0 unspecified atom stereocenters. The summed E-state index contributed by atoms with van der Waals surface area (Å²) in [4.78, 5) is 31.9. The molecule has 19 heavy (non-hydrogen) atoms. The summed E-state index contributed by atoms with van der Waals surface area (Å²) < 4.78 is 0. The first-order valence-corrected chi connectivity index (χ1v) is 5.67. The lowest BCUT2D eigenvalue weighted by Crippen LogP contribution is -2.19. The second kappa shape index (κ2) is 5.73. The van der Waals surface area contributed by atoms with Gasteiger partial charge in [0, 0.05) is 5.56 Å². The fraction of sp³-hybridized carbons (Fsp3) is 0. The second-order valence-corrected chi connectivity index (χ2v) is 3.86. The summed E-state index contributed by atoms with van der Waals surface area (Å²) in [6.45, 7) is 0. The molecule has 94 valence electrons. The van der Waals surface area contributed by atoms with Crippen LogP contribution in [-0.2, 0) is 0 Å².